The van der Waals surface area contributed by atoms with Crippen LogP contribution in [0.4, 0.5) is 5.69 Å². The number of hydrogen-bond donors (Lipinski definition) is 1. The van der Waals surface area contributed by atoms with Crippen molar-refractivity contribution in [2.24, 2.45) is 0 Å². The molecule has 0 spiro atoms. The summed E-state index contributed by atoms with van der Waals surface area (Å²) in [4.78, 5) is 9.41. The minimum Gasteiger partial charge on any atom is -0.368 e. The Kier molecular flexibility index (Phi) is 2.32. The Labute approximate surface area is 101 Å². The highest BCUT2D eigenvalue weighted by Crippen LogP contribution is 2.20. The SMILES string of the molecule is O=S1(=O)CCN(c2cnc3[nH]ccc3c2)CC1.[HH]. The number of fused-ring (bicyclic) bond motifs is 1. The molecule has 0 amide bonds. The lowest BCUT2D eigenvalue weighted by Crippen LogP contribution is -2.40. The molecule has 0 aliphatic carbocycles. The molecule has 0 saturated carbocycles. The molecule has 0 bridgehead atoms. The lowest BCUT2D eigenvalue weighted by Gasteiger charge is -2.28. The minimum absolute atomic E-state index is 0. The van der Waals surface area contributed by atoms with Gasteiger partial charge in [0.25, 0.3) is 0 Å². The first-order valence-electron chi connectivity index (χ1n) is 5.53. The van der Waals surface area contributed by atoms with E-state index in [9.17, 15) is 8.42 Å². The highest BCUT2D eigenvalue weighted by molar-refractivity contribution is 7.91. The lowest BCUT2D eigenvalue weighted by atomic mass is 10.3. The summed E-state index contributed by atoms with van der Waals surface area (Å²) in [5, 5.41) is 1.05. The van der Waals surface area contributed by atoms with Crippen LogP contribution in [0.25, 0.3) is 11.0 Å². The summed E-state index contributed by atoms with van der Waals surface area (Å²) in [5.74, 6) is 0.469. The number of anilines is 1. The molecule has 1 aliphatic heterocycles. The topological polar surface area (TPSA) is 66.1 Å². The smallest absolute Gasteiger partial charge is 0.153 e. The molecule has 5 nitrogen and oxygen atoms in total. The molecule has 1 N–H and O–H groups in total. The molecule has 3 heterocycles. The molecule has 92 valence electrons. The fourth-order valence-electron chi connectivity index (χ4n) is 2.07. The number of rotatable bonds is 1. The molecule has 2 aromatic rings. The van der Waals surface area contributed by atoms with Gasteiger partial charge in [0.1, 0.15) is 5.65 Å². The van der Waals surface area contributed by atoms with E-state index >= 15 is 0 Å². The standard InChI is InChI=1S/C11H13N3O2S.H2/c15-17(16)5-3-14(4-6-17)10-7-9-1-2-12-11(9)13-8-10;/h1-2,7-8H,3-6H2,(H,12,13);1H. The molecule has 1 saturated heterocycles. The summed E-state index contributed by atoms with van der Waals surface area (Å²) in [6.07, 6.45) is 3.64. The molecular weight excluding hydrogens is 238 g/mol. The second-order valence-corrected chi connectivity index (χ2v) is 6.55. The predicted octanol–water partition coefficient (Wildman–Crippen LogP) is 1.04. The number of nitrogens with one attached hydrogen (secondary N) is 1. The third-order valence-corrected chi connectivity index (χ3v) is 4.70. The van der Waals surface area contributed by atoms with Crippen LogP contribution in [0.1, 0.15) is 1.43 Å². The maximum absolute atomic E-state index is 11.4. The van der Waals surface area contributed by atoms with Crippen molar-refractivity contribution >= 4 is 26.6 Å². The van der Waals surface area contributed by atoms with Crippen LogP contribution in [0.2, 0.25) is 0 Å². The van der Waals surface area contributed by atoms with Crippen LogP contribution >= 0.6 is 0 Å². The minimum atomic E-state index is -2.82. The summed E-state index contributed by atoms with van der Waals surface area (Å²) in [6.45, 7) is 1.11. The average molecular weight is 253 g/mol. The van der Waals surface area contributed by atoms with Crippen molar-refractivity contribution in [2.75, 3.05) is 29.5 Å². The number of aromatic amines is 1. The molecule has 17 heavy (non-hydrogen) atoms. The van der Waals surface area contributed by atoms with Crippen LogP contribution in [-0.2, 0) is 9.84 Å². The quantitative estimate of drug-likeness (QED) is 0.824. The van der Waals surface area contributed by atoms with Gasteiger partial charge >= 0.3 is 0 Å². The van der Waals surface area contributed by atoms with Crippen LogP contribution in [0.5, 0.6) is 0 Å². The van der Waals surface area contributed by atoms with Crippen LogP contribution in [-0.4, -0.2) is 43.0 Å². The van der Waals surface area contributed by atoms with Crippen molar-refractivity contribution in [1.29, 1.82) is 0 Å². The van der Waals surface area contributed by atoms with Crippen molar-refractivity contribution in [1.82, 2.24) is 9.97 Å². The van der Waals surface area contributed by atoms with E-state index in [1.807, 2.05) is 18.3 Å². The van der Waals surface area contributed by atoms with Gasteiger partial charge in [-0.2, -0.15) is 0 Å². The Morgan fingerprint density at radius 1 is 1.35 bits per heavy atom. The number of H-pyrrole nitrogens is 1. The largest absolute Gasteiger partial charge is 0.368 e. The Morgan fingerprint density at radius 2 is 2.12 bits per heavy atom. The second kappa shape index (κ2) is 3.73. The Hall–Kier alpha value is -1.56. The van der Waals surface area contributed by atoms with Gasteiger partial charge in [-0.05, 0) is 12.1 Å². The molecule has 0 aromatic carbocycles. The van der Waals surface area contributed by atoms with Gasteiger partial charge in [-0.15, -0.1) is 0 Å². The zero-order chi connectivity index (χ0) is 11.9. The molecule has 1 aliphatic rings. The van der Waals surface area contributed by atoms with Gasteiger partial charge < -0.3 is 9.88 Å². The maximum atomic E-state index is 11.4. The van der Waals surface area contributed by atoms with Crippen molar-refractivity contribution in [3.63, 3.8) is 0 Å². The Morgan fingerprint density at radius 3 is 2.88 bits per heavy atom. The van der Waals surface area contributed by atoms with Gasteiger partial charge in [0.2, 0.25) is 0 Å². The van der Waals surface area contributed by atoms with Gasteiger partial charge in [-0.1, -0.05) is 0 Å². The number of hydrogen-bond acceptors (Lipinski definition) is 4. The van der Waals surface area contributed by atoms with Crippen LogP contribution in [0.15, 0.2) is 24.5 Å². The summed E-state index contributed by atoms with van der Waals surface area (Å²) < 4.78 is 22.7. The predicted molar refractivity (Wildman–Crippen MR) is 69.1 cm³/mol. The fourth-order valence-corrected chi connectivity index (χ4v) is 3.27. The van der Waals surface area contributed by atoms with Crippen LogP contribution in [0, 0.1) is 0 Å². The first kappa shape index (κ1) is 10.6. The van der Waals surface area contributed by atoms with Gasteiger partial charge in [0, 0.05) is 26.1 Å². The van der Waals surface area contributed by atoms with Gasteiger partial charge in [0.15, 0.2) is 9.84 Å². The third-order valence-electron chi connectivity index (χ3n) is 3.10. The zero-order valence-electron chi connectivity index (χ0n) is 9.26. The highest BCUT2D eigenvalue weighted by Gasteiger charge is 2.21. The summed E-state index contributed by atoms with van der Waals surface area (Å²) in [6, 6.07) is 4.00. The molecule has 1 fully saturated rings. The van der Waals surface area contributed by atoms with Crippen molar-refractivity contribution in [3.05, 3.63) is 24.5 Å². The van der Waals surface area contributed by atoms with E-state index in [-0.39, 0.29) is 12.9 Å². The maximum Gasteiger partial charge on any atom is 0.153 e. The van der Waals surface area contributed by atoms with E-state index in [0.717, 1.165) is 16.7 Å². The average Bonchev–Trinajstić information content (AvgIpc) is 2.76. The summed E-state index contributed by atoms with van der Waals surface area (Å²) in [5.41, 5.74) is 1.85. The second-order valence-electron chi connectivity index (χ2n) is 4.25. The summed E-state index contributed by atoms with van der Waals surface area (Å²) >= 11 is 0. The highest BCUT2D eigenvalue weighted by atomic mass is 32.2. The van der Waals surface area contributed by atoms with Crippen molar-refractivity contribution in [3.8, 4) is 0 Å². The third kappa shape index (κ3) is 2.00. The number of aromatic nitrogens is 2. The van der Waals surface area contributed by atoms with E-state index in [4.69, 9.17) is 0 Å². The van der Waals surface area contributed by atoms with Gasteiger partial charge in [0.05, 0.1) is 23.4 Å². The number of sulfone groups is 1. The van der Waals surface area contributed by atoms with Crippen molar-refractivity contribution in [2.45, 2.75) is 0 Å². The molecular formula is C11H15N3O2S. The first-order chi connectivity index (χ1) is 8.14. The van der Waals surface area contributed by atoms with E-state index < -0.39 is 9.84 Å². The van der Waals surface area contributed by atoms with Crippen LogP contribution in [0.3, 0.4) is 0 Å². The molecule has 0 unspecified atom stereocenters. The normalized spacial score (nSPS) is 19.6. The van der Waals surface area contributed by atoms with Crippen molar-refractivity contribution < 1.29 is 9.84 Å². The zero-order valence-corrected chi connectivity index (χ0v) is 10.1. The summed E-state index contributed by atoms with van der Waals surface area (Å²) in [7, 11) is -2.82. The number of pyridine rings is 1. The molecule has 0 radical (unpaired) electrons. The van der Waals surface area contributed by atoms with Gasteiger partial charge in [-0.25, -0.2) is 13.4 Å². The van der Waals surface area contributed by atoms with E-state index in [1.54, 1.807) is 6.20 Å². The fraction of sp³-hybridized carbons (Fsp3) is 0.364. The lowest BCUT2D eigenvalue weighted by molar-refractivity contribution is 0.587. The van der Waals surface area contributed by atoms with E-state index in [0.29, 0.717) is 13.1 Å². The molecule has 6 heteroatoms. The van der Waals surface area contributed by atoms with E-state index in [2.05, 4.69) is 14.9 Å². The van der Waals surface area contributed by atoms with Crippen LogP contribution < -0.4 is 4.90 Å². The number of nitrogens with zero attached hydrogens (tertiary/aromatic N) is 2. The molecule has 0 atom stereocenters. The Bertz CT molecular complexity index is 639. The monoisotopic (exact) mass is 253 g/mol. The van der Waals surface area contributed by atoms with Gasteiger partial charge in [-0.3, -0.25) is 0 Å². The Balaban J connectivity index is 0.00000120. The first-order valence-corrected chi connectivity index (χ1v) is 7.35. The molecule has 3 rings (SSSR count). The van der Waals surface area contributed by atoms with E-state index in [1.165, 1.54) is 0 Å². The molecule has 2 aromatic heterocycles.